The summed E-state index contributed by atoms with van der Waals surface area (Å²) in [6.45, 7) is 11.9. The number of nitrogens with two attached hydrogens (primary N) is 1. The molecule has 5 nitrogen and oxygen atoms in total. The van der Waals surface area contributed by atoms with Gasteiger partial charge in [0, 0.05) is 12.0 Å². The van der Waals surface area contributed by atoms with Crippen LogP contribution in [-0.2, 0) is 14.1 Å². The zero-order valence-electron chi connectivity index (χ0n) is 15.7. The molecule has 3 N–H and O–H groups in total. The van der Waals surface area contributed by atoms with Crippen LogP contribution in [-0.4, -0.2) is 43.5 Å². The van der Waals surface area contributed by atoms with Gasteiger partial charge in [0.1, 0.15) is 0 Å². The highest BCUT2D eigenvalue weighted by Gasteiger charge is 2.52. The number of rotatable bonds is 3. The lowest BCUT2D eigenvalue weighted by Crippen LogP contribution is -2.41. The van der Waals surface area contributed by atoms with Crippen molar-refractivity contribution < 1.29 is 18.5 Å². The third-order valence-electron chi connectivity index (χ3n) is 4.31. The standard InChI is InChI=1S/C14H21BN2O3.C2H6.CH3F/c1-13(2)14(3,4)20-15(19-13)9-5-6-11(16)10(7-9)12(17)8-18;2*1-2/h5-8,10-11,17H,16H2,1-4H3;1-2H3;1H3. The molecule has 1 saturated heterocycles. The van der Waals surface area contributed by atoms with E-state index < -0.39 is 24.2 Å². The van der Waals surface area contributed by atoms with Crippen LogP contribution in [0, 0.1) is 11.3 Å². The number of alkyl halides is 1. The predicted octanol–water partition coefficient (Wildman–Crippen LogP) is 2.89. The minimum Gasteiger partial charge on any atom is -0.399 e. The smallest absolute Gasteiger partial charge is 0.399 e. The van der Waals surface area contributed by atoms with E-state index in [0.29, 0.717) is 13.5 Å². The topological polar surface area (TPSA) is 85.4 Å². The molecule has 0 bridgehead atoms. The van der Waals surface area contributed by atoms with E-state index in [1.165, 1.54) is 0 Å². The van der Waals surface area contributed by atoms with E-state index in [0.717, 1.165) is 5.47 Å². The minimum atomic E-state index is -0.495. The molecule has 2 unspecified atom stereocenters. The van der Waals surface area contributed by atoms with Gasteiger partial charge in [0.05, 0.1) is 24.1 Å². The molecule has 24 heavy (non-hydrogen) atoms. The number of carbonyl (C=O) groups is 1. The molecule has 0 aromatic carbocycles. The van der Waals surface area contributed by atoms with Crippen LogP contribution in [0.1, 0.15) is 41.5 Å². The lowest BCUT2D eigenvalue weighted by atomic mass is 9.72. The number of hydrogen-bond donors (Lipinski definition) is 2. The average molecular weight is 340 g/mol. The van der Waals surface area contributed by atoms with Crippen molar-refractivity contribution in [2.75, 3.05) is 7.18 Å². The normalized spacial score (nSPS) is 26.4. The molecule has 0 aromatic heterocycles. The molecular weight excluding hydrogens is 310 g/mol. The molecule has 0 amide bonds. The third-order valence-corrected chi connectivity index (χ3v) is 4.31. The van der Waals surface area contributed by atoms with E-state index in [9.17, 15) is 9.18 Å². The predicted molar refractivity (Wildman–Crippen MR) is 96.9 cm³/mol. The fourth-order valence-corrected chi connectivity index (χ4v) is 2.23. The van der Waals surface area contributed by atoms with Crippen LogP contribution >= 0.6 is 0 Å². The first-order valence-electron chi connectivity index (χ1n) is 8.10. The number of aldehydes is 1. The fraction of sp³-hybridized carbons (Fsp3) is 0.647. The van der Waals surface area contributed by atoms with E-state index in [-0.39, 0.29) is 11.8 Å². The maximum atomic E-state index is 10.8. The second kappa shape index (κ2) is 9.25. The Morgan fingerprint density at radius 3 is 2.12 bits per heavy atom. The van der Waals surface area contributed by atoms with Crippen LogP contribution in [0.2, 0.25) is 0 Å². The van der Waals surface area contributed by atoms with E-state index >= 15 is 0 Å². The minimum absolute atomic E-state index is 0.0316. The van der Waals surface area contributed by atoms with Gasteiger partial charge in [-0.3, -0.25) is 9.18 Å². The Bertz CT molecular complexity index is 488. The van der Waals surface area contributed by atoms with Gasteiger partial charge in [0.25, 0.3) is 0 Å². The number of nitrogens with one attached hydrogen (secondary N) is 1. The van der Waals surface area contributed by atoms with Crippen LogP contribution < -0.4 is 5.73 Å². The van der Waals surface area contributed by atoms with Crippen molar-refractivity contribution >= 4 is 19.1 Å². The van der Waals surface area contributed by atoms with Crippen molar-refractivity contribution in [3.63, 3.8) is 0 Å². The maximum absolute atomic E-state index is 10.8. The monoisotopic (exact) mass is 340 g/mol. The molecule has 1 fully saturated rings. The molecule has 0 radical (unpaired) electrons. The van der Waals surface area contributed by atoms with Crippen molar-refractivity contribution in [1.82, 2.24) is 0 Å². The van der Waals surface area contributed by atoms with Gasteiger partial charge in [0.15, 0.2) is 6.29 Å². The highest BCUT2D eigenvalue weighted by atomic mass is 19.1. The Labute approximate surface area is 145 Å². The molecular formula is C17H30BFN2O3. The molecule has 1 aliphatic carbocycles. The summed E-state index contributed by atoms with van der Waals surface area (Å²) < 4.78 is 21.4. The highest BCUT2D eigenvalue weighted by Crippen LogP contribution is 2.39. The first-order chi connectivity index (χ1) is 11.2. The molecule has 1 aliphatic heterocycles. The van der Waals surface area contributed by atoms with Crippen LogP contribution in [0.25, 0.3) is 0 Å². The second-order valence-electron chi connectivity index (χ2n) is 6.29. The third kappa shape index (κ3) is 4.85. The Morgan fingerprint density at radius 2 is 1.71 bits per heavy atom. The summed E-state index contributed by atoms with van der Waals surface area (Å²) in [5.74, 6) is -0.425. The zero-order valence-corrected chi connectivity index (χ0v) is 15.7. The summed E-state index contributed by atoms with van der Waals surface area (Å²) >= 11 is 0. The summed E-state index contributed by atoms with van der Waals surface area (Å²) in [5.41, 5.74) is 5.85. The molecule has 2 rings (SSSR count). The number of halogens is 1. The largest absolute Gasteiger partial charge is 0.494 e. The molecule has 0 saturated carbocycles. The first kappa shape index (κ1) is 22.7. The Balaban J connectivity index is 0.00000123. The Morgan fingerprint density at radius 1 is 1.25 bits per heavy atom. The lowest BCUT2D eigenvalue weighted by molar-refractivity contribution is -0.103. The van der Waals surface area contributed by atoms with Crippen LogP contribution in [0.5, 0.6) is 0 Å². The van der Waals surface area contributed by atoms with Crippen molar-refractivity contribution in [1.29, 1.82) is 5.41 Å². The van der Waals surface area contributed by atoms with Crippen LogP contribution in [0.4, 0.5) is 4.39 Å². The number of allylic oxidation sites excluding steroid dienone is 2. The summed E-state index contributed by atoms with van der Waals surface area (Å²) in [4.78, 5) is 10.8. The van der Waals surface area contributed by atoms with Gasteiger partial charge < -0.3 is 20.5 Å². The zero-order chi connectivity index (χ0) is 19.1. The van der Waals surface area contributed by atoms with E-state index in [2.05, 4.69) is 0 Å². The summed E-state index contributed by atoms with van der Waals surface area (Å²) in [7, 11) is 0.00528. The van der Waals surface area contributed by atoms with Gasteiger partial charge in [-0.2, -0.15) is 0 Å². The summed E-state index contributed by atoms with van der Waals surface area (Å²) in [5, 5.41) is 7.67. The van der Waals surface area contributed by atoms with Gasteiger partial charge in [-0.15, -0.1) is 0 Å². The van der Waals surface area contributed by atoms with Crippen molar-refractivity contribution in [3.05, 3.63) is 23.7 Å². The lowest BCUT2D eigenvalue weighted by Gasteiger charge is -2.32. The van der Waals surface area contributed by atoms with Crippen molar-refractivity contribution in [3.8, 4) is 0 Å². The molecule has 1 heterocycles. The highest BCUT2D eigenvalue weighted by molar-refractivity contribution is 6.55. The van der Waals surface area contributed by atoms with E-state index in [1.807, 2.05) is 47.6 Å². The van der Waals surface area contributed by atoms with Gasteiger partial charge in [-0.1, -0.05) is 32.1 Å². The summed E-state index contributed by atoms with van der Waals surface area (Å²) in [6, 6.07) is -0.362. The van der Waals surface area contributed by atoms with Gasteiger partial charge in [-0.05, 0) is 33.2 Å². The molecule has 2 atom stereocenters. The molecule has 0 spiro atoms. The SMILES string of the molecule is CC.CC1(C)OB(C2=CC(C(=N)C=O)C(N)C=C2)OC1(C)C.CF. The van der Waals surface area contributed by atoms with Gasteiger partial charge in [-0.25, -0.2) is 0 Å². The summed E-state index contributed by atoms with van der Waals surface area (Å²) in [6.07, 6.45) is 5.95. The second-order valence-corrected chi connectivity index (χ2v) is 6.29. The van der Waals surface area contributed by atoms with Crippen molar-refractivity contribution in [2.24, 2.45) is 11.7 Å². The van der Waals surface area contributed by atoms with Crippen LogP contribution in [0.3, 0.4) is 0 Å². The van der Waals surface area contributed by atoms with Gasteiger partial charge in [0.2, 0.25) is 0 Å². The fourth-order valence-electron chi connectivity index (χ4n) is 2.23. The van der Waals surface area contributed by atoms with Gasteiger partial charge >= 0.3 is 7.12 Å². The Hall–Kier alpha value is -1.31. The van der Waals surface area contributed by atoms with Crippen molar-refractivity contribution in [2.45, 2.75) is 58.8 Å². The quantitative estimate of drug-likeness (QED) is 0.470. The molecule has 2 aliphatic rings. The van der Waals surface area contributed by atoms with E-state index in [4.69, 9.17) is 20.5 Å². The maximum Gasteiger partial charge on any atom is 0.494 e. The molecule has 0 aromatic rings. The van der Waals surface area contributed by atoms with E-state index in [1.54, 1.807) is 12.2 Å². The Kier molecular flexibility index (Phi) is 8.75. The number of hydrogen-bond acceptors (Lipinski definition) is 5. The average Bonchev–Trinajstić information content (AvgIpc) is 2.79. The first-order valence-corrected chi connectivity index (χ1v) is 8.10. The number of carbonyl (C=O) groups excluding carboxylic acids is 1. The molecule has 136 valence electrons. The van der Waals surface area contributed by atoms with Crippen LogP contribution in [0.15, 0.2) is 23.7 Å². The molecule has 7 heteroatoms.